The number of nitrogens with one attached hydrogen (secondary N) is 2. The Morgan fingerprint density at radius 2 is 2.32 bits per heavy atom. The van der Waals surface area contributed by atoms with Crippen molar-refractivity contribution in [3.8, 4) is 5.75 Å². The third kappa shape index (κ3) is 3.99. The molecule has 0 spiro atoms. The molecule has 2 N–H and O–H groups in total. The van der Waals surface area contributed by atoms with Gasteiger partial charge in [-0.1, -0.05) is 13.0 Å². The van der Waals surface area contributed by atoms with E-state index in [-0.39, 0.29) is 11.9 Å². The van der Waals surface area contributed by atoms with E-state index in [0.29, 0.717) is 18.0 Å². The monoisotopic (exact) mass is 343 g/mol. The molecule has 1 aliphatic heterocycles. The number of carbonyl (C=O) groups excluding carboxylic acids is 1. The van der Waals surface area contributed by atoms with Gasteiger partial charge in [0.1, 0.15) is 17.4 Å². The van der Waals surface area contributed by atoms with E-state index < -0.39 is 0 Å². The Morgan fingerprint density at radius 1 is 1.48 bits per heavy atom. The summed E-state index contributed by atoms with van der Waals surface area (Å²) >= 11 is 0. The van der Waals surface area contributed by atoms with Gasteiger partial charge in [0.05, 0.1) is 25.4 Å². The Balaban J connectivity index is 1.69. The summed E-state index contributed by atoms with van der Waals surface area (Å²) in [7, 11) is 1.61. The SMILES string of the molecule is CCc1n[nH]c(CN2CCC[C@@H]2C(=O)Nc2cc(C)ccc2OC)n1. The van der Waals surface area contributed by atoms with E-state index >= 15 is 0 Å². The number of likely N-dealkylation sites (tertiary alicyclic amines) is 1. The normalized spacial score (nSPS) is 17.6. The zero-order valence-electron chi connectivity index (χ0n) is 15.0. The largest absolute Gasteiger partial charge is 0.495 e. The number of benzene rings is 1. The molecule has 7 nitrogen and oxygen atoms in total. The maximum atomic E-state index is 12.8. The Hall–Kier alpha value is -2.41. The topological polar surface area (TPSA) is 83.1 Å². The number of rotatable bonds is 6. The number of carbonyl (C=O) groups is 1. The molecule has 2 aromatic rings. The van der Waals surface area contributed by atoms with Gasteiger partial charge in [0.2, 0.25) is 5.91 Å². The second kappa shape index (κ2) is 7.65. The molecule has 0 unspecified atom stereocenters. The van der Waals surface area contributed by atoms with E-state index in [9.17, 15) is 4.79 Å². The van der Waals surface area contributed by atoms with Gasteiger partial charge in [0.15, 0.2) is 0 Å². The number of methoxy groups -OCH3 is 1. The minimum atomic E-state index is -0.166. The summed E-state index contributed by atoms with van der Waals surface area (Å²) in [5.74, 6) is 2.28. The first-order valence-corrected chi connectivity index (χ1v) is 8.70. The zero-order valence-corrected chi connectivity index (χ0v) is 15.0. The number of amides is 1. The van der Waals surface area contributed by atoms with E-state index in [4.69, 9.17) is 4.74 Å². The molecule has 1 saturated heterocycles. The molecule has 3 rings (SSSR count). The van der Waals surface area contributed by atoms with Gasteiger partial charge in [-0.3, -0.25) is 14.8 Å². The summed E-state index contributed by atoms with van der Waals surface area (Å²) in [5, 5.41) is 10.2. The molecular formula is C18H25N5O2. The molecule has 0 aliphatic carbocycles. The van der Waals surface area contributed by atoms with Gasteiger partial charge in [-0.15, -0.1) is 0 Å². The van der Waals surface area contributed by atoms with Gasteiger partial charge in [-0.25, -0.2) is 4.98 Å². The molecule has 1 amide bonds. The Morgan fingerprint density at radius 3 is 3.04 bits per heavy atom. The van der Waals surface area contributed by atoms with E-state index in [1.807, 2.05) is 32.0 Å². The minimum absolute atomic E-state index is 0.00312. The third-order valence-corrected chi connectivity index (χ3v) is 4.53. The molecule has 0 saturated carbocycles. The van der Waals surface area contributed by atoms with Crippen LogP contribution in [0.5, 0.6) is 5.75 Å². The molecule has 134 valence electrons. The molecule has 0 bridgehead atoms. The highest BCUT2D eigenvalue weighted by Gasteiger charge is 2.31. The average molecular weight is 343 g/mol. The summed E-state index contributed by atoms with van der Waals surface area (Å²) in [4.78, 5) is 19.4. The lowest BCUT2D eigenvalue weighted by atomic mass is 10.1. The lowest BCUT2D eigenvalue weighted by Crippen LogP contribution is -2.39. The molecule has 0 radical (unpaired) electrons. The lowest BCUT2D eigenvalue weighted by molar-refractivity contribution is -0.120. The molecule has 25 heavy (non-hydrogen) atoms. The number of aryl methyl sites for hydroxylation is 2. The standard InChI is InChI=1S/C18H25N5O2/c1-4-16-20-17(22-21-16)11-23-9-5-6-14(23)18(24)19-13-10-12(2)7-8-15(13)25-3/h7-8,10,14H,4-6,9,11H2,1-3H3,(H,19,24)(H,20,21,22)/t14-/m1/s1. The number of H-pyrrole nitrogens is 1. The van der Waals surface area contributed by atoms with E-state index in [1.165, 1.54) is 0 Å². The van der Waals surface area contributed by atoms with Crippen molar-refractivity contribution in [2.75, 3.05) is 19.0 Å². The summed E-state index contributed by atoms with van der Waals surface area (Å²) in [6.07, 6.45) is 2.64. The van der Waals surface area contributed by atoms with Crippen molar-refractivity contribution < 1.29 is 9.53 Å². The second-order valence-electron chi connectivity index (χ2n) is 6.37. The Bertz CT molecular complexity index is 743. The number of ether oxygens (including phenoxy) is 1. The molecule has 7 heteroatoms. The van der Waals surface area contributed by atoms with Crippen molar-refractivity contribution in [3.63, 3.8) is 0 Å². The lowest BCUT2D eigenvalue weighted by Gasteiger charge is -2.23. The summed E-state index contributed by atoms with van der Waals surface area (Å²) in [5.41, 5.74) is 1.79. The third-order valence-electron chi connectivity index (χ3n) is 4.53. The van der Waals surface area contributed by atoms with Crippen LogP contribution in [0.4, 0.5) is 5.69 Å². The van der Waals surface area contributed by atoms with Crippen LogP contribution in [-0.4, -0.2) is 45.7 Å². The van der Waals surface area contributed by atoms with Crippen LogP contribution in [0.2, 0.25) is 0 Å². The molecule has 2 heterocycles. The van der Waals surface area contributed by atoms with Crippen molar-refractivity contribution in [2.24, 2.45) is 0 Å². The first kappa shape index (κ1) is 17.4. The second-order valence-corrected chi connectivity index (χ2v) is 6.37. The van der Waals surface area contributed by atoms with Gasteiger partial charge in [-0.2, -0.15) is 5.10 Å². The van der Waals surface area contributed by atoms with Gasteiger partial charge in [-0.05, 0) is 44.0 Å². The molecular weight excluding hydrogens is 318 g/mol. The predicted octanol–water partition coefficient (Wildman–Crippen LogP) is 2.29. The highest BCUT2D eigenvalue weighted by molar-refractivity contribution is 5.96. The van der Waals surface area contributed by atoms with Crippen LogP contribution in [0.3, 0.4) is 0 Å². The van der Waals surface area contributed by atoms with Crippen LogP contribution in [0.25, 0.3) is 0 Å². The van der Waals surface area contributed by atoms with Crippen LogP contribution in [0, 0.1) is 6.92 Å². The summed E-state index contributed by atoms with van der Waals surface area (Å²) in [6, 6.07) is 5.60. The fourth-order valence-electron chi connectivity index (χ4n) is 3.20. The fraction of sp³-hybridized carbons (Fsp3) is 0.500. The maximum absolute atomic E-state index is 12.8. The van der Waals surface area contributed by atoms with Crippen LogP contribution in [0.1, 0.15) is 37.0 Å². The number of hydrogen-bond donors (Lipinski definition) is 2. The molecule has 1 aromatic heterocycles. The molecule has 1 atom stereocenters. The number of nitrogens with zero attached hydrogens (tertiary/aromatic N) is 3. The molecule has 1 fully saturated rings. The smallest absolute Gasteiger partial charge is 0.241 e. The molecule has 1 aliphatic rings. The Kier molecular flexibility index (Phi) is 5.33. The van der Waals surface area contributed by atoms with Gasteiger partial charge < -0.3 is 10.1 Å². The van der Waals surface area contributed by atoms with E-state index in [2.05, 4.69) is 25.4 Å². The quantitative estimate of drug-likeness (QED) is 0.841. The predicted molar refractivity (Wildman–Crippen MR) is 95.6 cm³/mol. The zero-order chi connectivity index (χ0) is 17.8. The average Bonchev–Trinajstić information content (AvgIpc) is 3.24. The highest BCUT2D eigenvalue weighted by Crippen LogP contribution is 2.27. The molecule has 1 aromatic carbocycles. The van der Waals surface area contributed by atoms with Crippen LogP contribution in [-0.2, 0) is 17.8 Å². The number of hydrogen-bond acceptors (Lipinski definition) is 5. The van der Waals surface area contributed by atoms with Crippen LogP contribution in [0.15, 0.2) is 18.2 Å². The highest BCUT2D eigenvalue weighted by atomic mass is 16.5. The van der Waals surface area contributed by atoms with E-state index in [0.717, 1.165) is 43.0 Å². The maximum Gasteiger partial charge on any atom is 0.241 e. The van der Waals surface area contributed by atoms with Crippen molar-refractivity contribution >= 4 is 11.6 Å². The summed E-state index contributed by atoms with van der Waals surface area (Å²) < 4.78 is 5.35. The number of aromatic amines is 1. The van der Waals surface area contributed by atoms with Gasteiger partial charge in [0.25, 0.3) is 0 Å². The number of anilines is 1. The van der Waals surface area contributed by atoms with Crippen LogP contribution < -0.4 is 10.1 Å². The van der Waals surface area contributed by atoms with Crippen LogP contribution >= 0.6 is 0 Å². The Labute approximate surface area is 147 Å². The van der Waals surface area contributed by atoms with Crippen molar-refractivity contribution in [1.29, 1.82) is 0 Å². The van der Waals surface area contributed by atoms with Crippen molar-refractivity contribution in [1.82, 2.24) is 20.1 Å². The van der Waals surface area contributed by atoms with Gasteiger partial charge in [0, 0.05) is 6.42 Å². The number of aromatic nitrogens is 3. The van der Waals surface area contributed by atoms with Crippen molar-refractivity contribution in [2.45, 2.75) is 45.7 Å². The first-order valence-electron chi connectivity index (χ1n) is 8.70. The fourth-order valence-corrected chi connectivity index (χ4v) is 3.20. The first-order chi connectivity index (χ1) is 12.1. The van der Waals surface area contributed by atoms with Crippen molar-refractivity contribution in [3.05, 3.63) is 35.4 Å². The van der Waals surface area contributed by atoms with Gasteiger partial charge >= 0.3 is 0 Å². The van der Waals surface area contributed by atoms with E-state index in [1.54, 1.807) is 7.11 Å². The summed E-state index contributed by atoms with van der Waals surface area (Å²) in [6.45, 7) is 5.50. The minimum Gasteiger partial charge on any atom is -0.495 e.